The van der Waals surface area contributed by atoms with Gasteiger partial charge in [0.1, 0.15) is 11.9 Å². The number of hydrogen-bond donors (Lipinski definition) is 2. The standard InChI is InChI=1S/C18H27NO4/c1-18(2,3)12-7-5-6-8-15(12)23-11-16(21)19(4)13-9-10-14(20)17(13)22/h5-8,13-14,17,20,22H,9-11H2,1-4H3/t13-,14-,17-/m1/s1. The molecule has 5 nitrogen and oxygen atoms in total. The van der Waals surface area contributed by atoms with Crippen LogP contribution in [-0.2, 0) is 10.2 Å². The molecule has 0 saturated heterocycles. The number of ether oxygens (including phenoxy) is 1. The van der Waals surface area contributed by atoms with Crippen LogP contribution in [-0.4, -0.2) is 52.9 Å². The van der Waals surface area contributed by atoms with E-state index in [1.54, 1.807) is 7.05 Å². The number of carbonyl (C=O) groups is 1. The maximum absolute atomic E-state index is 12.3. The van der Waals surface area contributed by atoms with Crippen molar-refractivity contribution >= 4 is 5.91 Å². The Hall–Kier alpha value is -1.59. The van der Waals surface area contributed by atoms with Crippen LogP contribution in [0.5, 0.6) is 5.75 Å². The van der Waals surface area contributed by atoms with E-state index in [9.17, 15) is 15.0 Å². The second-order valence-electron chi connectivity index (χ2n) is 7.24. The molecule has 23 heavy (non-hydrogen) atoms. The first-order chi connectivity index (χ1) is 10.7. The van der Waals surface area contributed by atoms with Gasteiger partial charge in [-0.25, -0.2) is 0 Å². The zero-order chi connectivity index (χ0) is 17.2. The number of benzene rings is 1. The summed E-state index contributed by atoms with van der Waals surface area (Å²) in [4.78, 5) is 13.8. The molecule has 2 N–H and O–H groups in total. The summed E-state index contributed by atoms with van der Waals surface area (Å²) in [6.07, 6.45) is -0.524. The third-order valence-electron chi connectivity index (χ3n) is 4.48. The third-order valence-corrected chi connectivity index (χ3v) is 4.48. The summed E-state index contributed by atoms with van der Waals surface area (Å²) in [6.45, 7) is 6.21. The minimum atomic E-state index is -0.884. The van der Waals surface area contributed by atoms with Crippen molar-refractivity contribution in [2.75, 3.05) is 13.7 Å². The number of aliphatic hydroxyl groups excluding tert-OH is 2. The molecule has 3 atom stereocenters. The van der Waals surface area contributed by atoms with Crippen LogP contribution in [0.4, 0.5) is 0 Å². The molecule has 5 heteroatoms. The van der Waals surface area contributed by atoms with Crippen molar-refractivity contribution in [3.05, 3.63) is 29.8 Å². The van der Waals surface area contributed by atoms with Crippen LogP contribution in [0.2, 0.25) is 0 Å². The van der Waals surface area contributed by atoms with Gasteiger partial charge in [0.25, 0.3) is 5.91 Å². The average molecular weight is 321 g/mol. The van der Waals surface area contributed by atoms with Crippen molar-refractivity contribution in [3.63, 3.8) is 0 Å². The molecule has 1 amide bonds. The Kier molecular flexibility index (Phi) is 5.32. The number of aliphatic hydroxyl groups is 2. The Labute approximate surface area is 137 Å². The van der Waals surface area contributed by atoms with Crippen molar-refractivity contribution in [1.82, 2.24) is 4.90 Å². The largest absolute Gasteiger partial charge is 0.483 e. The lowest BCUT2D eigenvalue weighted by Crippen LogP contribution is -2.46. The molecule has 1 fully saturated rings. The van der Waals surface area contributed by atoms with Gasteiger partial charge in [-0.1, -0.05) is 39.0 Å². The zero-order valence-corrected chi connectivity index (χ0v) is 14.3. The lowest BCUT2D eigenvalue weighted by Gasteiger charge is -2.28. The summed E-state index contributed by atoms with van der Waals surface area (Å²) >= 11 is 0. The van der Waals surface area contributed by atoms with Gasteiger partial charge in [0.05, 0.1) is 12.1 Å². The van der Waals surface area contributed by atoms with Gasteiger partial charge in [-0.2, -0.15) is 0 Å². The van der Waals surface area contributed by atoms with E-state index in [0.717, 1.165) is 5.56 Å². The summed E-state index contributed by atoms with van der Waals surface area (Å²) in [5.41, 5.74) is 0.976. The monoisotopic (exact) mass is 321 g/mol. The van der Waals surface area contributed by atoms with Gasteiger partial charge in [0.15, 0.2) is 6.61 Å². The molecule has 1 aliphatic rings. The number of hydrogen-bond acceptors (Lipinski definition) is 4. The summed E-state index contributed by atoms with van der Waals surface area (Å²) in [6, 6.07) is 7.36. The number of carbonyl (C=O) groups excluding carboxylic acids is 1. The first kappa shape index (κ1) is 17.8. The number of rotatable bonds is 4. The van der Waals surface area contributed by atoms with Gasteiger partial charge in [0, 0.05) is 7.05 Å². The van der Waals surface area contributed by atoms with Crippen LogP contribution in [0.15, 0.2) is 24.3 Å². The number of para-hydroxylation sites is 1. The number of nitrogens with zero attached hydrogens (tertiary/aromatic N) is 1. The summed E-state index contributed by atoms with van der Waals surface area (Å²) in [7, 11) is 1.65. The number of likely N-dealkylation sites (N-methyl/N-ethyl adjacent to an activating group) is 1. The van der Waals surface area contributed by atoms with E-state index in [0.29, 0.717) is 18.6 Å². The average Bonchev–Trinajstić information content (AvgIpc) is 2.83. The molecule has 0 unspecified atom stereocenters. The normalized spacial score (nSPS) is 24.5. The molecule has 1 aromatic rings. The van der Waals surface area contributed by atoms with E-state index in [4.69, 9.17) is 4.74 Å². The van der Waals surface area contributed by atoms with Gasteiger partial charge < -0.3 is 19.8 Å². The molecule has 0 aliphatic heterocycles. The molecule has 0 radical (unpaired) electrons. The van der Waals surface area contributed by atoms with E-state index in [2.05, 4.69) is 20.8 Å². The first-order valence-electron chi connectivity index (χ1n) is 8.06. The third kappa shape index (κ3) is 4.03. The Bertz CT molecular complexity index is 552. The van der Waals surface area contributed by atoms with Crippen LogP contribution < -0.4 is 4.74 Å². The summed E-state index contributed by atoms with van der Waals surface area (Å²) < 4.78 is 5.73. The van der Waals surface area contributed by atoms with Gasteiger partial charge >= 0.3 is 0 Å². The second-order valence-corrected chi connectivity index (χ2v) is 7.24. The highest BCUT2D eigenvalue weighted by molar-refractivity contribution is 5.78. The van der Waals surface area contributed by atoms with Crippen LogP contribution in [0.25, 0.3) is 0 Å². The molecule has 0 bridgehead atoms. The van der Waals surface area contributed by atoms with E-state index in [1.165, 1.54) is 4.90 Å². The molecule has 2 rings (SSSR count). The van der Waals surface area contributed by atoms with Crippen molar-refractivity contribution in [2.24, 2.45) is 0 Å². The van der Waals surface area contributed by atoms with Crippen LogP contribution >= 0.6 is 0 Å². The molecule has 1 aliphatic carbocycles. The van der Waals surface area contributed by atoms with Gasteiger partial charge in [-0.05, 0) is 29.9 Å². The van der Waals surface area contributed by atoms with Crippen molar-refractivity contribution < 1.29 is 19.7 Å². The quantitative estimate of drug-likeness (QED) is 0.886. The predicted octanol–water partition coefficient (Wildman–Crippen LogP) is 1.71. The van der Waals surface area contributed by atoms with Crippen molar-refractivity contribution in [1.29, 1.82) is 0 Å². The van der Waals surface area contributed by atoms with Crippen LogP contribution in [0, 0.1) is 0 Å². The lowest BCUT2D eigenvalue weighted by molar-refractivity contribution is -0.136. The topological polar surface area (TPSA) is 70.0 Å². The summed E-state index contributed by atoms with van der Waals surface area (Å²) in [5.74, 6) is 0.501. The van der Waals surface area contributed by atoms with E-state index in [-0.39, 0.29) is 24.0 Å². The first-order valence-corrected chi connectivity index (χ1v) is 8.06. The summed E-state index contributed by atoms with van der Waals surface area (Å²) in [5, 5.41) is 19.5. The van der Waals surface area contributed by atoms with Gasteiger partial charge in [-0.3, -0.25) is 4.79 Å². The van der Waals surface area contributed by atoms with Gasteiger partial charge in [-0.15, -0.1) is 0 Å². The van der Waals surface area contributed by atoms with Crippen LogP contribution in [0.3, 0.4) is 0 Å². The number of amides is 1. The maximum Gasteiger partial charge on any atom is 0.260 e. The fourth-order valence-corrected chi connectivity index (χ4v) is 3.00. The maximum atomic E-state index is 12.3. The highest BCUT2D eigenvalue weighted by Crippen LogP contribution is 2.31. The molecular formula is C18H27NO4. The minimum absolute atomic E-state index is 0.0721. The molecular weight excluding hydrogens is 294 g/mol. The molecule has 1 aromatic carbocycles. The Balaban J connectivity index is 2.00. The molecule has 128 valence electrons. The lowest BCUT2D eigenvalue weighted by atomic mass is 9.86. The zero-order valence-electron chi connectivity index (χ0n) is 14.3. The molecule has 1 saturated carbocycles. The molecule has 0 heterocycles. The Morgan fingerprint density at radius 2 is 1.91 bits per heavy atom. The Morgan fingerprint density at radius 1 is 1.26 bits per heavy atom. The highest BCUT2D eigenvalue weighted by atomic mass is 16.5. The van der Waals surface area contributed by atoms with Gasteiger partial charge in [0.2, 0.25) is 0 Å². The second kappa shape index (κ2) is 6.89. The Morgan fingerprint density at radius 3 is 2.48 bits per heavy atom. The van der Waals surface area contributed by atoms with E-state index in [1.807, 2.05) is 24.3 Å². The smallest absolute Gasteiger partial charge is 0.260 e. The van der Waals surface area contributed by atoms with E-state index < -0.39 is 12.2 Å². The van der Waals surface area contributed by atoms with Crippen molar-refractivity contribution in [2.45, 2.75) is 57.3 Å². The fourth-order valence-electron chi connectivity index (χ4n) is 3.00. The minimum Gasteiger partial charge on any atom is -0.483 e. The SMILES string of the molecule is CN(C(=O)COc1ccccc1C(C)(C)C)[C@@H]1CC[C@@H](O)[C@@H]1O. The fraction of sp³-hybridized carbons (Fsp3) is 0.611. The molecule has 0 spiro atoms. The van der Waals surface area contributed by atoms with E-state index >= 15 is 0 Å². The highest BCUT2D eigenvalue weighted by Gasteiger charge is 2.37. The van der Waals surface area contributed by atoms with Crippen molar-refractivity contribution in [3.8, 4) is 5.75 Å². The molecule has 0 aromatic heterocycles. The predicted molar refractivity (Wildman–Crippen MR) is 88.4 cm³/mol. The van der Waals surface area contributed by atoms with Crippen LogP contribution in [0.1, 0.15) is 39.2 Å².